The number of rotatable bonds is 7. The SMILES string of the molecule is CC(C1CCCCC1)n1c(=O)c2nc(-c3ccc(/C=C/C(=O)O)cc3)[nH]c2n(C(C)C2CCCCC2)c1=O. The number of carboxylic acids is 1. The molecular weight excluding hydrogens is 480 g/mol. The average molecular weight is 519 g/mol. The molecule has 0 spiro atoms. The number of carbonyl (C=O) groups is 1. The van der Waals surface area contributed by atoms with Crippen LogP contribution in [-0.2, 0) is 4.79 Å². The van der Waals surface area contributed by atoms with Crippen LogP contribution in [0, 0.1) is 11.8 Å². The van der Waals surface area contributed by atoms with Gasteiger partial charge in [0.1, 0.15) is 11.5 Å². The van der Waals surface area contributed by atoms with E-state index in [-0.39, 0.29) is 23.3 Å². The predicted molar refractivity (Wildman–Crippen MR) is 149 cm³/mol. The molecule has 2 N–H and O–H groups in total. The fourth-order valence-electron chi connectivity index (χ4n) is 6.55. The standard InChI is InChI=1S/C30H38N4O4/c1-19(22-9-5-3-6-10-22)33-28-26(29(37)34(30(33)38)20(2)23-11-7-4-8-12-23)31-27(32-28)24-16-13-21(14-17-24)15-18-25(35)36/h13-20,22-23H,3-12H2,1-2H3,(H,31,32)(H,35,36)/b18-15+. The Morgan fingerprint density at radius 2 is 1.47 bits per heavy atom. The number of carboxylic acid groups (broad SMARTS) is 1. The van der Waals surface area contributed by atoms with E-state index >= 15 is 0 Å². The van der Waals surface area contributed by atoms with Crippen molar-refractivity contribution in [2.45, 2.75) is 90.1 Å². The number of aromatic amines is 1. The van der Waals surface area contributed by atoms with Gasteiger partial charge in [0.2, 0.25) is 0 Å². The zero-order valence-electron chi connectivity index (χ0n) is 22.4. The number of benzene rings is 1. The molecule has 0 aliphatic heterocycles. The first-order valence-electron chi connectivity index (χ1n) is 14.1. The molecule has 2 heterocycles. The zero-order valence-corrected chi connectivity index (χ0v) is 22.4. The third kappa shape index (κ3) is 5.13. The highest BCUT2D eigenvalue weighted by atomic mass is 16.4. The van der Waals surface area contributed by atoms with Crippen LogP contribution in [0.2, 0.25) is 0 Å². The van der Waals surface area contributed by atoms with Crippen LogP contribution in [-0.4, -0.2) is 30.2 Å². The first-order chi connectivity index (χ1) is 18.3. The van der Waals surface area contributed by atoms with Crippen molar-refractivity contribution in [1.82, 2.24) is 19.1 Å². The Balaban J connectivity index is 1.63. The van der Waals surface area contributed by atoms with Crippen LogP contribution in [0.15, 0.2) is 39.9 Å². The summed E-state index contributed by atoms with van der Waals surface area (Å²) in [5, 5.41) is 8.88. The van der Waals surface area contributed by atoms with Crippen molar-refractivity contribution in [1.29, 1.82) is 0 Å². The first-order valence-corrected chi connectivity index (χ1v) is 14.1. The minimum atomic E-state index is -1.00. The molecule has 0 amide bonds. The Morgan fingerprint density at radius 3 is 2.03 bits per heavy atom. The van der Waals surface area contributed by atoms with Gasteiger partial charge in [-0.15, -0.1) is 0 Å². The van der Waals surface area contributed by atoms with E-state index in [9.17, 15) is 14.4 Å². The third-order valence-corrected chi connectivity index (χ3v) is 8.84. The van der Waals surface area contributed by atoms with Crippen LogP contribution < -0.4 is 11.2 Å². The summed E-state index contributed by atoms with van der Waals surface area (Å²) in [6.07, 6.45) is 13.9. The molecule has 0 bridgehead atoms. The minimum Gasteiger partial charge on any atom is -0.478 e. The highest BCUT2D eigenvalue weighted by Gasteiger charge is 2.30. The van der Waals surface area contributed by atoms with Gasteiger partial charge in [0.15, 0.2) is 5.52 Å². The molecule has 2 aliphatic carbocycles. The second-order valence-corrected chi connectivity index (χ2v) is 11.2. The number of hydrogen-bond donors (Lipinski definition) is 2. The van der Waals surface area contributed by atoms with E-state index in [4.69, 9.17) is 10.1 Å². The molecular formula is C30H38N4O4. The van der Waals surface area contributed by atoms with Crippen LogP contribution in [0.25, 0.3) is 28.6 Å². The van der Waals surface area contributed by atoms with Crippen LogP contribution in [0.1, 0.15) is 95.7 Å². The molecule has 0 radical (unpaired) electrons. The Bertz CT molecular complexity index is 1430. The summed E-state index contributed by atoms with van der Waals surface area (Å²) in [5.41, 5.74) is 1.76. The quantitative estimate of drug-likeness (QED) is 0.377. The second kappa shape index (κ2) is 11.1. The lowest BCUT2D eigenvalue weighted by Gasteiger charge is -2.32. The van der Waals surface area contributed by atoms with E-state index in [1.54, 1.807) is 0 Å². The smallest absolute Gasteiger partial charge is 0.333 e. The Kier molecular flexibility index (Phi) is 7.68. The van der Waals surface area contributed by atoms with Crippen molar-refractivity contribution in [3.63, 3.8) is 0 Å². The van der Waals surface area contributed by atoms with Crippen molar-refractivity contribution in [2.75, 3.05) is 0 Å². The van der Waals surface area contributed by atoms with E-state index in [1.165, 1.54) is 36.3 Å². The van der Waals surface area contributed by atoms with Gasteiger partial charge in [-0.3, -0.25) is 13.9 Å². The Labute approximate surface area is 222 Å². The maximum atomic E-state index is 14.1. The minimum absolute atomic E-state index is 0.0486. The molecule has 2 saturated carbocycles. The van der Waals surface area contributed by atoms with Crippen molar-refractivity contribution in [3.05, 3.63) is 56.7 Å². The van der Waals surface area contributed by atoms with Gasteiger partial charge in [0.05, 0.1) is 0 Å². The largest absolute Gasteiger partial charge is 0.478 e. The molecule has 38 heavy (non-hydrogen) atoms. The van der Waals surface area contributed by atoms with Crippen LogP contribution in [0.4, 0.5) is 0 Å². The lowest BCUT2D eigenvalue weighted by molar-refractivity contribution is -0.131. The molecule has 2 aromatic heterocycles. The van der Waals surface area contributed by atoms with E-state index in [2.05, 4.69) is 11.9 Å². The molecule has 3 aromatic rings. The van der Waals surface area contributed by atoms with Gasteiger partial charge in [0.25, 0.3) is 5.56 Å². The van der Waals surface area contributed by atoms with Crippen molar-refractivity contribution in [2.24, 2.45) is 11.8 Å². The van der Waals surface area contributed by atoms with Gasteiger partial charge in [-0.1, -0.05) is 62.8 Å². The summed E-state index contributed by atoms with van der Waals surface area (Å²) in [7, 11) is 0. The molecule has 2 fully saturated rings. The van der Waals surface area contributed by atoms with Crippen molar-refractivity contribution < 1.29 is 9.90 Å². The topological polar surface area (TPSA) is 110 Å². The number of nitrogens with zero attached hydrogens (tertiary/aromatic N) is 3. The molecule has 0 saturated heterocycles. The van der Waals surface area contributed by atoms with Crippen LogP contribution >= 0.6 is 0 Å². The van der Waals surface area contributed by atoms with Crippen LogP contribution in [0.5, 0.6) is 0 Å². The van der Waals surface area contributed by atoms with E-state index < -0.39 is 5.97 Å². The zero-order chi connectivity index (χ0) is 26.8. The molecule has 2 aliphatic rings. The maximum Gasteiger partial charge on any atom is 0.333 e. The van der Waals surface area contributed by atoms with Gasteiger partial charge in [-0.25, -0.2) is 14.6 Å². The normalized spacial score (nSPS) is 19.2. The second-order valence-electron chi connectivity index (χ2n) is 11.2. The number of aliphatic carboxylic acids is 1. The number of imidazole rings is 1. The monoisotopic (exact) mass is 518 g/mol. The van der Waals surface area contributed by atoms with Gasteiger partial charge < -0.3 is 10.1 Å². The number of H-pyrrole nitrogens is 1. The Morgan fingerprint density at radius 1 is 0.921 bits per heavy atom. The van der Waals surface area contributed by atoms with E-state index in [0.29, 0.717) is 28.8 Å². The molecule has 1 aromatic carbocycles. The van der Waals surface area contributed by atoms with Gasteiger partial charge >= 0.3 is 11.7 Å². The van der Waals surface area contributed by atoms with Crippen molar-refractivity contribution >= 4 is 23.2 Å². The fourth-order valence-corrected chi connectivity index (χ4v) is 6.55. The van der Waals surface area contributed by atoms with E-state index in [0.717, 1.165) is 55.7 Å². The van der Waals surface area contributed by atoms with Crippen LogP contribution in [0.3, 0.4) is 0 Å². The summed E-state index contributed by atoms with van der Waals surface area (Å²) < 4.78 is 3.30. The fraction of sp³-hybridized carbons (Fsp3) is 0.533. The summed E-state index contributed by atoms with van der Waals surface area (Å²) in [4.78, 5) is 46.8. The molecule has 8 heteroatoms. The van der Waals surface area contributed by atoms with Gasteiger partial charge in [-0.05, 0) is 63.0 Å². The third-order valence-electron chi connectivity index (χ3n) is 8.84. The molecule has 5 rings (SSSR count). The first kappa shape index (κ1) is 26.2. The summed E-state index contributed by atoms with van der Waals surface area (Å²) in [5.74, 6) is 0.218. The van der Waals surface area contributed by atoms with E-state index in [1.807, 2.05) is 35.8 Å². The molecule has 2 atom stereocenters. The van der Waals surface area contributed by atoms with Gasteiger partial charge in [0, 0.05) is 23.7 Å². The van der Waals surface area contributed by atoms with Gasteiger partial charge in [-0.2, -0.15) is 0 Å². The Hall–Kier alpha value is -3.42. The number of fused-ring (bicyclic) bond motifs is 1. The number of nitrogens with one attached hydrogen (secondary N) is 1. The highest BCUT2D eigenvalue weighted by molar-refractivity contribution is 5.85. The predicted octanol–water partition coefficient (Wildman–Crippen LogP) is 5.93. The average Bonchev–Trinajstić information content (AvgIpc) is 3.38. The summed E-state index contributed by atoms with van der Waals surface area (Å²) in [6, 6.07) is 7.08. The number of aromatic nitrogens is 4. The lowest BCUT2D eigenvalue weighted by atomic mass is 9.84. The maximum absolute atomic E-state index is 14.1. The lowest BCUT2D eigenvalue weighted by Crippen LogP contribution is -2.45. The summed E-state index contributed by atoms with van der Waals surface area (Å²) in [6.45, 7) is 4.14. The molecule has 2 unspecified atom stereocenters. The molecule has 202 valence electrons. The summed E-state index contributed by atoms with van der Waals surface area (Å²) >= 11 is 0. The highest BCUT2D eigenvalue weighted by Crippen LogP contribution is 2.35. The number of hydrogen-bond acceptors (Lipinski definition) is 4. The van der Waals surface area contributed by atoms with Crippen molar-refractivity contribution in [3.8, 4) is 11.4 Å². The molecule has 8 nitrogen and oxygen atoms in total.